The molecule has 0 aromatic heterocycles. The summed E-state index contributed by atoms with van der Waals surface area (Å²) in [5.74, 6) is 0.898. The first-order chi connectivity index (χ1) is 8.15. The third kappa shape index (κ3) is 1.27. The molecule has 1 spiro atoms. The van der Waals surface area contributed by atoms with Crippen molar-refractivity contribution in [1.82, 2.24) is 0 Å². The molecule has 104 valence electrons. The first kappa shape index (κ1) is 12.9. The van der Waals surface area contributed by atoms with Crippen molar-refractivity contribution in [1.29, 1.82) is 0 Å². The average molecular weight is 252 g/mol. The van der Waals surface area contributed by atoms with Crippen LogP contribution >= 0.6 is 0 Å². The smallest absolute Gasteiger partial charge is 0.163 e. The Morgan fingerprint density at radius 3 is 2.22 bits per heavy atom. The summed E-state index contributed by atoms with van der Waals surface area (Å²) in [6.45, 7) is 14.7. The molecule has 3 fully saturated rings. The fraction of sp³-hybridized carbons (Fsp3) is 1.00. The van der Waals surface area contributed by atoms with Crippen LogP contribution in [0.3, 0.4) is 0 Å². The fourth-order valence-electron chi connectivity index (χ4n) is 5.23. The molecule has 18 heavy (non-hydrogen) atoms. The van der Waals surface area contributed by atoms with Crippen LogP contribution in [0.15, 0.2) is 0 Å². The van der Waals surface area contributed by atoms with Gasteiger partial charge in [-0.15, -0.1) is 0 Å². The van der Waals surface area contributed by atoms with Crippen molar-refractivity contribution in [3.8, 4) is 0 Å². The van der Waals surface area contributed by atoms with Gasteiger partial charge in [-0.3, -0.25) is 0 Å². The molecule has 2 nitrogen and oxygen atoms in total. The Hall–Kier alpha value is -0.0800. The summed E-state index contributed by atoms with van der Waals surface area (Å²) < 4.78 is 12.4. The molecule has 4 unspecified atom stereocenters. The summed E-state index contributed by atoms with van der Waals surface area (Å²) in [7, 11) is 0. The molecule has 2 bridgehead atoms. The fourth-order valence-corrected chi connectivity index (χ4v) is 5.23. The lowest BCUT2D eigenvalue weighted by molar-refractivity contribution is -0.357. The van der Waals surface area contributed by atoms with Crippen molar-refractivity contribution in [2.75, 3.05) is 6.61 Å². The van der Waals surface area contributed by atoms with Crippen LogP contribution in [-0.4, -0.2) is 18.0 Å². The molecule has 1 saturated heterocycles. The van der Waals surface area contributed by atoms with Gasteiger partial charge in [0, 0.05) is 11.3 Å². The maximum absolute atomic E-state index is 6.58. The highest BCUT2D eigenvalue weighted by atomic mass is 16.7. The van der Waals surface area contributed by atoms with Crippen molar-refractivity contribution >= 4 is 0 Å². The molecule has 4 atom stereocenters. The summed E-state index contributed by atoms with van der Waals surface area (Å²) in [5.41, 5.74) is 0.723. The van der Waals surface area contributed by atoms with Gasteiger partial charge < -0.3 is 9.47 Å². The summed E-state index contributed by atoms with van der Waals surface area (Å²) in [5, 5.41) is 0. The van der Waals surface area contributed by atoms with Gasteiger partial charge in [-0.2, -0.15) is 0 Å². The number of hydrogen-bond donors (Lipinski definition) is 0. The van der Waals surface area contributed by atoms with Crippen LogP contribution in [-0.2, 0) is 9.47 Å². The van der Waals surface area contributed by atoms with Gasteiger partial charge in [0.15, 0.2) is 5.79 Å². The Morgan fingerprint density at radius 2 is 1.72 bits per heavy atom. The quantitative estimate of drug-likeness (QED) is 0.649. The molecule has 0 N–H and O–H groups in total. The first-order valence-electron chi connectivity index (χ1n) is 7.49. The van der Waals surface area contributed by atoms with Crippen LogP contribution in [0.25, 0.3) is 0 Å². The second-order valence-electron chi connectivity index (χ2n) is 8.10. The van der Waals surface area contributed by atoms with E-state index in [0.717, 1.165) is 12.5 Å². The molecule has 0 aromatic rings. The summed E-state index contributed by atoms with van der Waals surface area (Å²) in [4.78, 5) is 0. The predicted molar refractivity (Wildman–Crippen MR) is 72.2 cm³/mol. The van der Waals surface area contributed by atoms with Gasteiger partial charge in [-0.05, 0) is 44.4 Å². The highest BCUT2D eigenvalue weighted by Crippen LogP contribution is 2.73. The minimum atomic E-state index is -0.421. The van der Waals surface area contributed by atoms with Gasteiger partial charge in [0.1, 0.15) is 0 Å². The van der Waals surface area contributed by atoms with Crippen LogP contribution < -0.4 is 0 Å². The second-order valence-corrected chi connectivity index (χ2v) is 8.10. The van der Waals surface area contributed by atoms with Crippen molar-refractivity contribution in [2.45, 2.75) is 72.2 Å². The van der Waals surface area contributed by atoms with E-state index < -0.39 is 5.79 Å². The normalized spacial score (nSPS) is 53.0. The van der Waals surface area contributed by atoms with Gasteiger partial charge in [0.25, 0.3) is 0 Å². The highest BCUT2D eigenvalue weighted by molar-refractivity contribution is 5.20. The largest absolute Gasteiger partial charge is 0.350 e. The second kappa shape index (κ2) is 3.32. The summed E-state index contributed by atoms with van der Waals surface area (Å²) >= 11 is 0. The lowest BCUT2D eigenvalue weighted by Gasteiger charge is -2.57. The van der Waals surface area contributed by atoms with Gasteiger partial charge in [0.2, 0.25) is 0 Å². The Bertz CT molecular complexity index is 373. The molecular formula is C16H28O2. The summed E-state index contributed by atoms with van der Waals surface area (Å²) in [6.07, 6.45) is 3.91. The lowest BCUT2D eigenvalue weighted by Crippen LogP contribution is -2.61. The Balaban J connectivity index is 2.06. The monoisotopic (exact) mass is 252 g/mol. The van der Waals surface area contributed by atoms with Gasteiger partial charge in [0.05, 0.1) is 12.2 Å². The molecule has 0 amide bonds. The molecular weight excluding hydrogens is 224 g/mol. The topological polar surface area (TPSA) is 18.5 Å². The van der Waals surface area contributed by atoms with Crippen LogP contribution in [0.5, 0.6) is 0 Å². The number of hydrogen-bond acceptors (Lipinski definition) is 2. The number of rotatable bonds is 0. The highest BCUT2D eigenvalue weighted by Gasteiger charge is 2.72. The summed E-state index contributed by atoms with van der Waals surface area (Å²) in [6, 6.07) is 0. The van der Waals surface area contributed by atoms with Crippen LogP contribution in [0.2, 0.25) is 0 Å². The van der Waals surface area contributed by atoms with Gasteiger partial charge in [-0.25, -0.2) is 0 Å². The molecule has 3 rings (SSSR count). The van der Waals surface area contributed by atoms with E-state index in [-0.39, 0.29) is 5.60 Å². The molecule has 0 aromatic carbocycles. The van der Waals surface area contributed by atoms with Crippen LogP contribution in [0.4, 0.5) is 0 Å². The van der Waals surface area contributed by atoms with Crippen LogP contribution in [0, 0.1) is 22.7 Å². The van der Waals surface area contributed by atoms with E-state index in [9.17, 15) is 0 Å². The van der Waals surface area contributed by atoms with Crippen LogP contribution in [0.1, 0.15) is 60.8 Å². The van der Waals surface area contributed by atoms with E-state index in [4.69, 9.17) is 9.47 Å². The Kier molecular flexibility index (Phi) is 2.39. The third-order valence-corrected chi connectivity index (χ3v) is 6.82. The van der Waals surface area contributed by atoms with E-state index in [1.807, 2.05) is 0 Å². The van der Waals surface area contributed by atoms with E-state index >= 15 is 0 Å². The molecule has 2 saturated carbocycles. The van der Waals surface area contributed by atoms with Crippen molar-refractivity contribution in [3.05, 3.63) is 0 Å². The minimum Gasteiger partial charge on any atom is -0.350 e. The minimum absolute atomic E-state index is 0.0289. The van der Waals surface area contributed by atoms with E-state index in [1.165, 1.54) is 19.3 Å². The zero-order valence-electron chi connectivity index (χ0n) is 12.8. The lowest BCUT2D eigenvalue weighted by atomic mass is 9.60. The van der Waals surface area contributed by atoms with Gasteiger partial charge >= 0.3 is 0 Å². The number of ether oxygens (including phenoxy) is 2. The zero-order chi connectivity index (χ0) is 13.4. The Morgan fingerprint density at radius 1 is 1.06 bits per heavy atom. The predicted octanol–water partition coefficient (Wildman–Crippen LogP) is 3.99. The molecule has 3 aliphatic rings. The molecule has 1 aliphatic heterocycles. The number of fused-ring (bicyclic) bond motifs is 3. The molecule has 1 heterocycles. The molecule has 2 heteroatoms. The SMILES string of the molecule is CC1COC(C)(C)OC12CC1CCC2(C)C1(C)C. The first-order valence-corrected chi connectivity index (χ1v) is 7.49. The maximum Gasteiger partial charge on any atom is 0.163 e. The van der Waals surface area contributed by atoms with E-state index in [2.05, 4.69) is 41.5 Å². The Labute approximate surface area is 111 Å². The average Bonchev–Trinajstić information content (AvgIpc) is 2.56. The molecule has 2 aliphatic carbocycles. The van der Waals surface area contributed by atoms with Crippen molar-refractivity contribution in [3.63, 3.8) is 0 Å². The van der Waals surface area contributed by atoms with E-state index in [0.29, 0.717) is 16.7 Å². The van der Waals surface area contributed by atoms with Gasteiger partial charge in [-0.1, -0.05) is 27.7 Å². The zero-order valence-corrected chi connectivity index (χ0v) is 12.8. The van der Waals surface area contributed by atoms with Crippen molar-refractivity contribution in [2.24, 2.45) is 22.7 Å². The van der Waals surface area contributed by atoms with E-state index in [1.54, 1.807) is 0 Å². The molecule has 0 radical (unpaired) electrons. The third-order valence-electron chi connectivity index (χ3n) is 6.82. The van der Waals surface area contributed by atoms with Crippen molar-refractivity contribution < 1.29 is 9.47 Å². The standard InChI is InChI=1S/C16H28O2/c1-11-10-17-14(4,5)18-16(11)9-12-7-8-15(16,6)13(12,2)3/h11-12H,7-10H2,1-6H3. The maximum atomic E-state index is 6.58.